The molecule has 5 rings (SSSR count). The highest BCUT2D eigenvalue weighted by Gasteiger charge is 2.32. The molecule has 0 aliphatic carbocycles. The maximum absolute atomic E-state index is 13.8. The second-order valence-electron chi connectivity index (χ2n) is 7.79. The number of carbonyl (C=O) groups excluding carboxylic acids is 1. The van der Waals surface area contributed by atoms with E-state index >= 15 is 0 Å². The summed E-state index contributed by atoms with van der Waals surface area (Å²) in [7, 11) is 0. The van der Waals surface area contributed by atoms with Crippen molar-refractivity contribution in [2.75, 3.05) is 31.1 Å². The minimum absolute atomic E-state index is 0.0626. The molecule has 1 unspecified atom stereocenters. The fourth-order valence-corrected chi connectivity index (χ4v) is 4.78. The van der Waals surface area contributed by atoms with E-state index in [9.17, 15) is 9.59 Å². The number of halogens is 1. The quantitative estimate of drug-likeness (QED) is 0.405. The van der Waals surface area contributed by atoms with Gasteiger partial charge in [0, 0.05) is 47.8 Å². The van der Waals surface area contributed by atoms with Crippen LogP contribution < -0.4 is 10.6 Å². The molecule has 1 fully saturated rings. The highest BCUT2D eigenvalue weighted by atomic mass is 127. The number of anilines is 1. The number of fused-ring (bicyclic) bond motifs is 1. The Kier molecular flexibility index (Phi) is 5.69. The molecule has 162 valence electrons. The van der Waals surface area contributed by atoms with Crippen LogP contribution in [0.2, 0.25) is 0 Å². The highest BCUT2D eigenvalue weighted by molar-refractivity contribution is 14.1. The number of H-pyrrole nitrogens is 1. The first-order valence-corrected chi connectivity index (χ1v) is 11.6. The number of amides is 1. The van der Waals surface area contributed by atoms with Crippen LogP contribution in [0.4, 0.5) is 5.69 Å². The van der Waals surface area contributed by atoms with Crippen molar-refractivity contribution in [2.24, 2.45) is 0 Å². The zero-order chi connectivity index (χ0) is 22.1. The van der Waals surface area contributed by atoms with E-state index in [2.05, 4.69) is 37.5 Å². The Balaban J connectivity index is 1.49. The third kappa shape index (κ3) is 3.90. The van der Waals surface area contributed by atoms with Crippen molar-refractivity contribution in [1.82, 2.24) is 19.4 Å². The minimum Gasteiger partial charge on any atom is -0.368 e. The predicted molar refractivity (Wildman–Crippen MR) is 133 cm³/mol. The normalized spacial score (nSPS) is 15.2. The van der Waals surface area contributed by atoms with Gasteiger partial charge in [-0.1, -0.05) is 30.3 Å². The monoisotopic (exact) mass is 539 g/mol. The molecule has 0 bridgehead atoms. The summed E-state index contributed by atoms with van der Waals surface area (Å²) in [5.41, 5.74) is 3.09. The Morgan fingerprint density at radius 1 is 0.969 bits per heavy atom. The van der Waals surface area contributed by atoms with Gasteiger partial charge in [-0.3, -0.25) is 14.3 Å². The zero-order valence-corrected chi connectivity index (χ0v) is 19.5. The third-order valence-corrected chi connectivity index (χ3v) is 6.58. The van der Waals surface area contributed by atoms with Gasteiger partial charge in [-0.05, 0) is 58.5 Å². The highest BCUT2D eigenvalue weighted by Crippen LogP contribution is 2.26. The maximum atomic E-state index is 13.8. The van der Waals surface area contributed by atoms with E-state index in [4.69, 9.17) is 0 Å². The van der Waals surface area contributed by atoms with Crippen molar-refractivity contribution in [3.05, 3.63) is 92.7 Å². The van der Waals surface area contributed by atoms with Gasteiger partial charge in [-0.25, -0.2) is 4.79 Å². The maximum Gasteiger partial charge on any atom is 0.327 e. The van der Waals surface area contributed by atoms with Crippen molar-refractivity contribution in [3.63, 3.8) is 0 Å². The average Bonchev–Trinajstić information content (AvgIpc) is 3.15. The van der Waals surface area contributed by atoms with E-state index in [-0.39, 0.29) is 11.6 Å². The van der Waals surface area contributed by atoms with Gasteiger partial charge in [-0.2, -0.15) is 0 Å². The number of piperazine rings is 1. The summed E-state index contributed by atoms with van der Waals surface area (Å²) in [5, 5.41) is 0. The van der Waals surface area contributed by atoms with Gasteiger partial charge in [0.15, 0.2) is 0 Å². The van der Waals surface area contributed by atoms with Crippen molar-refractivity contribution in [1.29, 1.82) is 0 Å². The molecule has 7 nitrogen and oxygen atoms in total. The Bertz CT molecular complexity index is 1290. The fourth-order valence-electron chi connectivity index (χ4n) is 4.30. The molecule has 1 amide bonds. The van der Waals surface area contributed by atoms with E-state index in [1.54, 1.807) is 17.0 Å². The van der Waals surface area contributed by atoms with Gasteiger partial charge in [0.1, 0.15) is 6.04 Å². The Labute approximate surface area is 198 Å². The summed E-state index contributed by atoms with van der Waals surface area (Å²) < 4.78 is 2.61. The van der Waals surface area contributed by atoms with Crippen LogP contribution in [0.3, 0.4) is 0 Å². The van der Waals surface area contributed by atoms with Crippen LogP contribution in [0.1, 0.15) is 11.6 Å². The predicted octanol–water partition coefficient (Wildman–Crippen LogP) is 3.27. The molecule has 4 aromatic rings. The lowest BCUT2D eigenvalue weighted by Gasteiger charge is -2.37. The lowest BCUT2D eigenvalue weighted by Crippen LogP contribution is -2.51. The number of aromatic amines is 1. The number of imidazole rings is 1. The lowest BCUT2D eigenvalue weighted by molar-refractivity contribution is -0.133. The van der Waals surface area contributed by atoms with Crippen LogP contribution in [0.5, 0.6) is 0 Å². The van der Waals surface area contributed by atoms with E-state index < -0.39 is 6.04 Å². The van der Waals surface area contributed by atoms with Gasteiger partial charge in [-0.15, -0.1) is 0 Å². The third-order valence-electron chi connectivity index (χ3n) is 5.91. The van der Waals surface area contributed by atoms with Crippen LogP contribution in [0, 0.1) is 3.57 Å². The molecule has 0 radical (unpaired) electrons. The number of rotatable bonds is 4. The standard InChI is InChI=1S/C24H22IN5O2/c25-18-6-7-20-21(16-18)30(24(32)27-20)22(17-4-2-1-3-5-17)23(31)29-14-12-28(13-15-29)19-8-10-26-11-9-19/h1-11,16,22H,12-15H2,(H,27,32). The number of hydrogen-bond donors (Lipinski definition) is 1. The van der Waals surface area contributed by atoms with Gasteiger partial charge in [0.2, 0.25) is 0 Å². The number of benzene rings is 2. The van der Waals surface area contributed by atoms with Crippen molar-refractivity contribution < 1.29 is 4.79 Å². The summed E-state index contributed by atoms with van der Waals surface area (Å²) >= 11 is 2.23. The Morgan fingerprint density at radius 2 is 1.69 bits per heavy atom. The SMILES string of the molecule is O=C(C(c1ccccc1)n1c(=O)[nH]c2ccc(I)cc21)N1CCN(c2ccncc2)CC1. The first kappa shape index (κ1) is 20.7. The summed E-state index contributed by atoms with van der Waals surface area (Å²) in [6, 6.07) is 18.6. The van der Waals surface area contributed by atoms with Gasteiger partial charge in [0.25, 0.3) is 5.91 Å². The molecule has 1 saturated heterocycles. The number of carbonyl (C=O) groups is 1. The molecule has 2 aromatic heterocycles. The molecule has 0 spiro atoms. The number of nitrogens with zero attached hydrogens (tertiary/aromatic N) is 4. The largest absolute Gasteiger partial charge is 0.368 e. The van der Waals surface area contributed by atoms with Crippen molar-refractivity contribution in [3.8, 4) is 0 Å². The molecule has 8 heteroatoms. The van der Waals surface area contributed by atoms with Crippen LogP contribution in [-0.4, -0.2) is 51.5 Å². The summed E-state index contributed by atoms with van der Waals surface area (Å²) in [5.74, 6) is -0.0626. The number of nitrogens with one attached hydrogen (secondary N) is 1. The van der Waals surface area contributed by atoms with Gasteiger partial charge in [0.05, 0.1) is 11.0 Å². The summed E-state index contributed by atoms with van der Waals surface area (Å²) in [6.45, 7) is 2.66. The van der Waals surface area contributed by atoms with Crippen LogP contribution in [0.15, 0.2) is 77.9 Å². The second kappa shape index (κ2) is 8.78. The van der Waals surface area contributed by atoms with E-state index in [1.807, 2.05) is 65.6 Å². The van der Waals surface area contributed by atoms with E-state index in [0.29, 0.717) is 13.1 Å². The lowest BCUT2D eigenvalue weighted by atomic mass is 10.0. The molecule has 3 heterocycles. The van der Waals surface area contributed by atoms with E-state index in [0.717, 1.165) is 38.9 Å². The molecule has 2 aromatic carbocycles. The first-order valence-electron chi connectivity index (χ1n) is 10.5. The molecular weight excluding hydrogens is 517 g/mol. The van der Waals surface area contributed by atoms with E-state index in [1.165, 1.54) is 0 Å². The Morgan fingerprint density at radius 3 is 2.41 bits per heavy atom. The molecule has 32 heavy (non-hydrogen) atoms. The number of aromatic nitrogens is 3. The fraction of sp³-hybridized carbons (Fsp3) is 0.208. The summed E-state index contributed by atoms with van der Waals surface area (Å²) in [4.78, 5) is 38.0. The van der Waals surface area contributed by atoms with Crippen molar-refractivity contribution >= 4 is 45.2 Å². The number of pyridine rings is 1. The second-order valence-corrected chi connectivity index (χ2v) is 9.04. The van der Waals surface area contributed by atoms with Gasteiger partial charge >= 0.3 is 5.69 Å². The molecule has 1 aliphatic heterocycles. The molecule has 1 atom stereocenters. The molecule has 1 N–H and O–H groups in total. The minimum atomic E-state index is -0.719. The average molecular weight is 539 g/mol. The van der Waals surface area contributed by atoms with Crippen LogP contribution >= 0.6 is 22.6 Å². The van der Waals surface area contributed by atoms with Crippen LogP contribution in [0.25, 0.3) is 11.0 Å². The number of hydrogen-bond acceptors (Lipinski definition) is 4. The summed E-state index contributed by atoms with van der Waals surface area (Å²) in [6.07, 6.45) is 3.56. The molecular formula is C24H22IN5O2. The van der Waals surface area contributed by atoms with Crippen molar-refractivity contribution in [2.45, 2.75) is 6.04 Å². The molecule has 1 aliphatic rings. The topological polar surface area (TPSA) is 74.2 Å². The molecule has 0 saturated carbocycles. The zero-order valence-electron chi connectivity index (χ0n) is 17.3. The first-order chi connectivity index (χ1) is 15.6. The Hall–Kier alpha value is -3.14. The van der Waals surface area contributed by atoms with Gasteiger partial charge < -0.3 is 14.8 Å². The van der Waals surface area contributed by atoms with Crippen LogP contribution in [-0.2, 0) is 4.79 Å². The smallest absolute Gasteiger partial charge is 0.327 e.